The van der Waals surface area contributed by atoms with Crippen LogP contribution in [0.1, 0.15) is 33.1 Å². The highest BCUT2D eigenvalue weighted by Gasteiger charge is 2.39. The van der Waals surface area contributed by atoms with Gasteiger partial charge in [0.05, 0.1) is 0 Å². The molecule has 1 heterocycles. The van der Waals surface area contributed by atoms with Crippen molar-refractivity contribution in [3.05, 3.63) is 0 Å². The Morgan fingerprint density at radius 3 is 2.00 bits per heavy atom. The lowest BCUT2D eigenvalue weighted by molar-refractivity contribution is -0.201. The third-order valence-electron chi connectivity index (χ3n) is 3.80. The van der Waals surface area contributed by atoms with Gasteiger partial charge in [-0.2, -0.15) is 25.3 Å². The predicted molar refractivity (Wildman–Crippen MR) is 91.3 cm³/mol. The van der Waals surface area contributed by atoms with Gasteiger partial charge in [-0.1, -0.05) is 13.8 Å². The van der Waals surface area contributed by atoms with Gasteiger partial charge < -0.3 is 4.84 Å². The molecule has 0 aromatic heterocycles. The summed E-state index contributed by atoms with van der Waals surface area (Å²) in [5.74, 6) is -5.08. The minimum absolute atomic E-state index is 0.0482. The Morgan fingerprint density at radius 1 is 1.04 bits per heavy atom. The number of imide groups is 1. The molecule has 0 radical (unpaired) electrons. The average molecular weight is 375 g/mol. The van der Waals surface area contributed by atoms with Gasteiger partial charge in [0.25, 0.3) is 11.8 Å². The van der Waals surface area contributed by atoms with Crippen LogP contribution in [0.2, 0.25) is 0 Å². The number of hydrogen-bond acceptors (Lipinski definition) is 8. The first-order chi connectivity index (χ1) is 11.2. The molecule has 1 aliphatic heterocycles. The maximum Gasteiger partial charge on any atom is 0.344 e. The van der Waals surface area contributed by atoms with Gasteiger partial charge in [0.1, 0.15) is 11.7 Å². The van der Waals surface area contributed by atoms with Crippen molar-refractivity contribution < 1.29 is 28.8 Å². The smallest absolute Gasteiger partial charge is 0.330 e. The standard InChI is InChI=1S/C15H21NO6S2/c1-8(6-23)11(17)5-10(14(20)9(2)7-24)15(21)22-16-12(18)3-4-13(16)19/h8-10,23-24H,3-7H2,1-2H3. The Labute approximate surface area is 151 Å². The van der Waals surface area contributed by atoms with Crippen LogP contribution in [0, 0.1) is 17.8 Å². The van der Waals surface area contributed by atoms with Gasteiger partial charge >= 0.3 is 5.97 Å². The second-order valence-corrected chi connectivity index (χ2v) is 6.52. The molecule has 2 amide bonds. The fourth-order valence-electron chi connectivity index (χ4n) is 2.05. The van der Waals surface area contributed by atoms with Crippen LogP contribution in [-0.4, -0.2) is 45.9 Å². The number of carbonyl (C=O) groups excluding carboxylic acids is 5. The molecule has 3 unspecified atom stereocenters. The van der Waals surface area contributed by atoms with E-state index in [4.69, 9.17) is 4.84 Å². The molecule has 1 fully saturated rings. The van der Waals surface area contributed by atoms with E-state index in [-0.39, 0.29) is 36.6 Å². The molecule has 0 aromatic rings. The van der Waals surface area contributed by atoms with Gasteiger partial charge in [-0.3, -0.25) is 19.2 Å². The molecule has 7 nitrogen and oxygen atoms in total. The highest BCUT2D eigenvalue weighted by Crippen LogP contribution is 2.20. The van der Waals surface area contributed by atoms with Crippen molar-refractivity contribution in [2.45, 2.75) is 33.1 Å². The number of amides is 2. The second kappa shape index (κ2) is 9.22. The molecule has 0 saturated carbocycles. The van der Waals surface area contributed by atoms with Crippen LogP contribution in [0.4, 0.5) is 0 Å². The van der Waals surface area contributed by atoms with E-state index in [9.17, 15) is 24.0 Å². The van der Waals surface area contributed by atoms with Crippen molar-refractivity contribution in [3.63, 3.8) is 0 Å². The normalized spacial score (nSPS) is 18.2. The van der Waals surface area contributed by atoms with Crippen LogP contribution in [0.25, 0.3) is 0 Å². The van der Waals surface area contributed by atoms with Crippen molar-refractivity contribution in [1.29, 1.82) is 0 Å². The summed E-state index contributed by atoms with van der Waals surface area (Å²) in [6, 6.07) is 0. The van der Waals surface area contributed by atoms with E-state index in [0.717, 1.165) is 0 Å². The van der Waals surface area contributed by atoms with Crippen LogP contribution in [0.3, 0.4) is 0 Å². The highest BCUT2D eigenvalue weighted by molar-refractivity contribution is 7.80. The van der Waals surface area contributed by atoms with Crippen molar-refractivity contribution in [2.24, 2.45) is 17.8 Å². The topological polar surface area (TPSA) is 97.8 Å². The Balaban J connectivity index is 2.92. The maximum absolute atomic E-state index is 12.4. The summed E-state index contributed by atoms with van der Waals surface area (Å²) in [6.45, 7) is 3.21. The van der Waals surface area contributed by atoms with Gasteiger partial charge in [-0.15, -0.1) is 5.06 Å². The first kappa shape index (κ1) is 20.7. The van der Waals surface area contributed by atoms with E-state index in [0.29, 0.717) is 5.06 Å². The number of ketones is 2. The zero-order valence-electron chi connectivity index (χ0n) is 13.6. The molecule has 0 aromatic carbocycles. The van der Waals surface area contributed by atoms with E-state index in [2.05, 4.69) is 25.3 Å². The minimum Gasteiger partial charge on any atom is -0.330 e. The predicted octanol–water partition coefficient (Wildman–Crippen LogP) is 0.870. The number of carbonyl (C=O) groups is 5. The van der Waals surface area contributed by atoms with Crippen molar-refractivity contribution in [2.75, 3.05) is 11.5 Å². The molecule has 0 N–H and O–H groups in total. The molecule has 1 aliphatic rings. The number of Topliss-reactive ketones (excluding diaryl/α,β-unsaturated/α-hetero) is 2. The Bertz CT molecular complexity index is 534. The Kier molecular flexibility index (Phi) is 7.95. The lowest BCUT2D eigenvalue weighted by Gasteiger charge is -2.20. The summed E-state index contributed by atoms with van der Waals surface area (Å²) in [5.41, 5.74) is 0. The van der Waals surface area contributed by atoms with Crippen LogP contribution in [-0.2, 0) is 28.8 Å². The first-order valence-corrected chi connectivity index (χ1v) is 8.85. The summed E-state index contributed by atoms with van der Waals surface area (Å²) in [6.07, 6.45) is -0.450. The average Bonchev–Trinajstić information content (AvgIpc) is 2.88. The van der Waals surface area contributed by atoms with Crippen molar-refractivity contribution in [3.8, 4) is 0 Å². The third kappa shape index (κ3) is 5.07. The van der Waals surface area contributed by atoms with Gasteiger partial charge in [0, 0.05) is 31.1 Å². The van der Waals surface area contributed by atoms with Crippen molar-refractivity contribution >= 4 is 54.6 Å². The summed E-state index contributed by atoms with van der Waals surface area (Å²) in [7, 11) is 0. The monoisotopic (exact) mass is 375 g/mol. The molecule has 0 aliphatic carbocycles. The Hall–Kier alpha value is -1.35. The van der Waals surface area contributed by atoms with Crippen LogP contribution >= 0.6 is 25.3 Å². The number of hydrogen-bond donors (Lipinski definition) is 2. The lowest BCUT2D eigenvalue weighted by Crippen LogP contribution is -2.39. The molecule has 1 rings (SSSR count). The summed E-state index contributed by atoms with van der Waals surface area (Å²) in [5, 5.41) is 0.375. The maximum atomic E-state index is 12.4. The zero-order valence-corrected chi connectivity index (χ0v) is 15.3. The number of hydroxylamine groups is 2. The van der Waals surface area contributed by atoms with Gasteiger partial charge in [-0.05, 0) is 11.5 Å². The molecule has 9 heteroatoms. The van der Waals surface area contributed by atoms with Crippen molar-refractivity contribution in [1.82, 2.24) is 5.06 Å². The molecule has 134 valence electrons. The Morgan fingerprint density at radius 2 is 1.54 bits per heavy atom. The molecular formula is C15H21NO6S2. The number of nitrogens with zero attached hydrogens (tertiary/aromatic N) is 1. The highest BCUT2D eigenvalue weighted by atomic mass is 32.1. The van der Waals surface area contributed by atoms with E-state index in [1.165, 1.54) is 0 Å². The largest absolute Gasteiger partial charge is 0.344 e. The minimum atomic E-state index is -1.37. The summed E-state index contributed by atoms with van der Waals surface area (Å²) in [4.78, 5) is 64.7. The number of rotatable bonds is 9. The van der Waals surface area contributed by atoms with Crippen LogP contribution in [0.5, 0.6) is 0 Å². The van der Waals surface area contributed by atoms with Crippen LogP contribution < -0.4 is 0 Å². The van der Waals surface area contributed by atoms with Gasteiger partial charge in [-0.25, -0.2) is 4.79 Å². The van der Waals surface area contributed by atoms with E-state index in [1.807, 2.05) is 0 Å². The SMILES string of the molecule is CC(CS)C(=O)CC(C(=O)ON1C(=O)CCC1=O)C(=O)C(C)CS. The van der Waals surface area contributed by atoms with Gasteiger partial charge in [0.15, 0.2) is 5.78 Å². The quantitative estimate of drug-likeness (QED) is 0.353. The van der Waals surface area contributed by atoms with Gasteiger partial charge in [0.2, 0.25) is 0 Å². The summed E-state index contributed by atoms with van der Waals surface area (Å²) < 4.78 is 0. The molecule has 3 atom stereocenters. The fourth-order valence-corrected chi connectivity index (χ4v) is 2.43. The first-order valence-electron chi connectivity index (χ1n) is 7.58. The lowest BCUT2D eigenvalue weighted by atomic mass is 9.88. The molecule has 0 spiro atoms. The second-order valence-electron chi connectivity index (χ2n) is 5.78. The molecular weight excluding hydrogens is 354 g/mol. The van der Waals surface area contributed by atoms with E-state index in [1.54, 1.807) is 13.8 Å². The van der Waals surface area contributed by atoms with Crippen LogP contribution in [0.15, 0.2) is 0 Å². The zero-order chi connectivity index (χ0) is 18.4. The fraction of sp³-hybridized carbons (Fsp3) is 0.667. The molecule has 24 heavy (non-hydrogen) atoms. The molecule has 0 bridgehead atoms. The number of thiol groups is 2. The third-order valence-corrected chi connectivity index (χ3v) is 4.90. The van der Waals surface area contributed by atoms with E-state index >= 15 is 0 Å². The summed E-state index contributed by atoms with van der Waals surface area (Å²) >= 11 is 8.05. The van der Waals surface area contributed by atoms with E-state index < -0.39 is 41.3 Å². The molecule has 1 saturated heterocycles.